The van der Waals surface area contributed by atoms with Crippen LogP contribution in [0.4, 0.5) is 0 Å². The second-order valence-electron chi connectivity index (χ2n) is 7.61. The van der Waals surface area contributed by atoms with Crippen LogP contribution in [0.5, 0.6) is 11.5 Å². The Bertz CT molecular complexity index is 805. The number of allylic oxidation sites excluding steroid dienone is 1. The minimum Gasteiger partial charge on any atom is -0.493 e. The van der Waals surface area contributed by atoms with Crippen molar-refractivity contribution >= 4 is 6.08 Å². The van der Waals surface area contributed by atoms with Crippen molar-refractivity contribution in [3.8, 4) is 11.5 Å². The van der Waals surface area contributed by atoms with E-state index in [4.69, 9.17) is 9.47 Å². The normalized spacial score (nSPS) is 17.5. The Balaban J connectivity index is 1.32. The Morgan fingerprint density at radius 1 is 0.926 bits per heavy atom. The Hall–Kier alpha value is -2.26. The van der Waals surface area contributed by atoms with E-state index in [9.17, 15) is 0 Å². The summed E-state index contributed by atoms with van der Waals surface area (Å²) < 4.78 is 10.9. The van der Waals surface area contributed by atoms with Gasteiger partial charge in [-0.3, -0.25) is 4.90 Å². The van der Waals surface area contributed by atoms with Gasteiger partial charge in [-0.2, -0.15) is 0 Å². The van der Waals surface area contributed by atoms with Gasteiger partial charge in [-0.1, -0.05) is 42.0 Å². The van der Waals surface area contributed by atoms with Crippen molar-refractivity contribution in [1.29, 1.82) is 0 Å². The summed E-state index contributed by atoms with van der Waals surface area (Å²) >= 11 is 0. The first-order chi connectivity index (χ1) is 13.2. The van der Waals surface area contributed by atoms with Crippen LogP contribution in [0.3, 0.4) is 0 Å². The topological polar surface area (TPSA) is 21.7 Å². The predicted octanol–water partition coefficient (Wildman–Crippen LogP) is 4.96. The van der Waals surface area contributed by atoms with Crippen molar-refractivity contribution in [3.05, 3.63) is 71.1 Å². The third-order valence-corrected chi connectivity index (χ3v) is 5.75. The third kappa shape index (κ3) is 4.19. The Morgan fingerprint density at radius 2 is 1.59 bits per heavy atom. The van der Waals surface area contributed by atoms with Gasteiger partial charge in [-0.05, 0) is 67.1 Å². The van der Waals surface area contributed by atoms with Gasteiger partial charge in [-0.25, -0.2) is 0 Å². The van der Waals surface area contributed by atoms with Gasteiger partial charge >= 0.3 is 0 Å². The van der Waals surface area contributed by atoms with Gasteiger partial charge in [0.25, 0.3) is 0 Å². The maximum Gasteiger partial charge on any atom is 0.161 e. The molecular weight excluding hydrogens is 334 g/mol. The Morgan fingerprint density at radius 3 is 2.26 bits per heavy atom. The van der Waals surface area contributed by atoms with E-state index in [1.807, 2.05) is 0 Å². The molecule has 2 aromatic rings. The summed E-state index contributed by atoms with van der Waals surface area (Å²) in [6.07, 6.45) is 8.35. The van der Waals surface area contributed by atoms with Gasteiger partial charge in [-0.15, -0.1) is 0 Å². The van der Waals surface area contributed by atoms with Gasteiger partial charge in [0.15, 0.2) is 11.5 Å². The molecule has 27 heavy (non-hydrogen) atoms. The fourth-order valence-corrected chi connectivity index (χ4v) is 4.24. The summed E-state index contributed by atoms with van der Waals surface area (Å²) in [5.74, 6) is 2.38. The first-order valence-corrected chi connectivity index (χ1v) is 9.83. The lowest BCUT2D eigenvalue weighted by Crippen LogP contribution is -2.33. The number of benzene rings is 2. The van der Waals surface area contributed by atoms with Gasteiger partial charge in [0.05, 0.1) is 14.2 Å². The SMILES string of the molecule is COc1cc2c(cc1OC)C=C(CC1CCN(Cc3ccccc3)CC1)[CH]2. The average Bonchev–Trinajstić information content (AvgIpc) is 3.10. The molecule has 2 aromatic carbocycles. The number of ether oxygens (including phenoxy) is 2. The molecule has 3 heteroatoms. The molecule has 1 heterocycles. The summed E-state index contributed by atoms with van der Waals surface area (Å²) in [6.45, 7) is 3.47. The molecule has 2 aliphatic rings. The largest absolute Gasteiger partial charge is 0.493 e. The maximum absolute atomic E-state index is 5.43. The molecule has 0 unspecified atom stereocenters. The van der Waals surface area contributed by atoms with E-state index in [0.717, 1.165) is 24.0 Å². The van der Waals surface area contributed by atoms with Crippen molar-refractivity contribution in [2.75, 3.05) is 27.3 Å². The highest BCUT2D eigenvalue weighted by Gasteiger charge is 2.23. The number of hydrogen-bond acceptors (Lipinski definition) is 3. The van der Waals surface area contributed by atoms with Crippen LogP contribution in [0, 0.1) is 12.3 Å². The van der Waals surface area contributed by atoms with Crippen molar-refractivity contribution in [2.45, 2.75) is 25.8 Å². The predicted molar refractivity (Wildman–Crippen MR) is 110 cm³/mol. The third-order valence-electron chi connectivity index (χ3n) is 5.75. The zero-order valence-electron chi connectivity index (χ0n) is 16.3. The van der Waals surface area contributed by atoms with Gasteiger partial charge in [0.2, 0.25) is 0 Å². The van der Waals surface area contributed by atoms with E-state index in [2.05, 4.69) is 59.9 Å². The highest BCUT2D eigenvalue weighted by atomic mass is 16.5. The highest BCUT2D eigenvalue weighted by Crippen LogP contribution is 2.39. The van der Waals surface area contributed by atoms with Crippen LogP contribution >= 0.6 is 0 Å². The van der Waals surface area contributed by atoms with E-state index >= 15 is 0 Å². The van der Waals surface area contributed by atoms with Gasteiger partial charge in [0, 0.05) is 13.0 Å². The fraction of sp³-hybridized carbons (Fsp3) is 0.375. The van der Waals surface area contributed by atoms with E-state index in [0.29, 0.717) is 0 Å². The molecule has 0 N–H and O–H groups in total. The second-order valence-corrected chi connectivity index (χ2v) is 7.61. The quantitative estimate of drug-likeness (QED) is 0.725. The molecular formula is C24H28NO2. The summed E-state index contributed by atoms with van der Waals surface area (Å²) in [5.41, 5.74) is 5.33. The number of nitrogens with zero attached hydrogens (tertiary/aromatic N) is 1. The average molecular weight is 362 g/mol. The van der Waals surface area contributed by atoms with E-state index in [1.165, 1.54) is 54.6 Å². The van der Waals surface area contributed by atoms with Crippen LogP contribution in [-0.2, 0) is 6.54 Å². The second kappa shape index (κ2) is 8.18. The van der Waals surface area contributed by atoms with Crippen molar-refractivity contribution < 1.29 is 9.47 Å². The van der Waals surface area contributed by atoms with Crippen LogP contribution in [0.2, 0.25) is 0 Å². The Labute approximate surface area is 162 Å². The molecule has 0 atom stereocenters. The van der Waals surface area contributed by atoms with Crippen LogP contribution in [-0.4, -0.2) is 32.2 Å². The molecule has 0 saturated carbocycles. The van der Waals surface area contributed by atoms with E-state index in [-0.39, 0.29) is 0 Å². The smallest absolute Gasteiger partial charge is 0.161 e. The summed E-state index contributed by atoms with van der Waals surface area (Å²) in [5, 5.41) is 0. The lowest BCUT2D eigenvalue weighted by Gasteiger charge is -2.32. The van der Waals surface area contributed by atoms with Crippen molar-refractivity contribution in [3.63, 3.8) is 0 Å². The van der Waals surface area contributed by atoms with Crippen molar-refractivity contribution in [1.82, 2.24) is 4.90 Å². The molecule has 1 radical (unpaired) electrons. The zero-order valence-corrected chi connectivity index (χ0v) is 16.3. The van der Waals surface area contributed by atoms with Crippen LogP contribution in [0.25, 0.3) is 6.08 Å². The molecule has 1 saturated heterocycles. The number of piperidine rings is 1. The fourth-order valence-electron chi connectivity index (χ4n) is 4.24. The maximum atomic E-state index is 5.43. The number of hydrogen-bond donors (Lipinski definition) is 0. The molecule has 3 nitrogen and oxygen atoms in total. The number of methoxy groups -OCH3 is 2. The number of likely N-dealkylation sites (tertiary alicyclic amines) is 1. The van der Waals surface area contributed by atoms with E-state index < -0.39 is 0 Å². The molecule has 0 bridgehead atoms. The highest BCUT2D eigenvalue weighted by molar-refractivity contribution is 5.72. The molecule has 1 aliphatic carbocycles. The molecule has 1 aliphatic heterocycles. The minimum absolute atomic E-state index is 0.776. The molecule has 1 fully saturated rings. The molecule has 0 spiro atoms. The van der Waals surface area contributed by atoms with Gasteiger partial charge in [0.1, 0.15) is 0 Å². The number of rotatable bonds is 6. The Kier molecular flexibility index (Phi) is 5.49. The molecule has 0 amide bonds. The van der Waals surface area contributed by atoms with Crippen LogP contribution in [0.15, 0.2) is 48.0 Å². The summed E-state index contributed by atoms with van der Waals surface area (Å²) in [7, 11) is 3.38. The molecule has 0 aromatic heterocycles. The lowest BCUT2D eigenvalue weighted by atomic mass is 9.89. The van der Waals surface area contributed by atoms with Crippen LogP contribution in [0.1, 0.15) is 36.0 Å². The first-order valence-electron chi connectivity index (χ1n) is 9.83. The lowest BCUT2D eigenvalue weighted by molar-refractivity contribution is 0.177. The molecule has 4 rings (SSSR count). The van der Waals surface area contributed by atoms with Gasteiger partial charge < -0.3 is 9.47 Å². The summed E-state index contributed by atoms with van der Waals surface area (Å²) in [4.78, 5) is 2.59. The number of fused-ring (bicyclic) bond motifs is 1. The monoisotopic (exact) mass is 362 g/mol. The first kappa shape index (κ1) is 18.1. The standard InChI is InChI=1S/C24H28NO2/c1-26-23-15-21-13-20(14-22(21)16-24(23)27-2)12-18-8-10-25(11-9-18)17-19-6-4-3-5-7-19/h3-7,13-16,18H,8-12,17H2,1-2H3. The van der Waals surface area contributed by atoms with Crippen molar-refractivity contribution in [2.24, 2.45) is 5.92 Å². The molecule has 141 valence electrons. The zero-order chi connectivity index (χ0) is 18.6. The van der Waals surface area contributed by atoms with Crippen LogP contribution < -0.4 is 9.47 Å². The summed E-state index contributed by atoms with van der Waals surface area (Å²) in [6, 6.07) is 15.0. The minimum atomic E-state index is 0.776. The van der Waals surface area contributed by atoms with E-state index in [1.54, 1.807) is 14.2 Å².